The van der Waals surface area contributed by atoms with E-state index in [1.54, 1.807) is 13.0 Å². The van der Waals surface area contributed by atoms with Crippen molar-refractivity contribution in [1.82, 2.24) is 15.3 Å². The molecule has 1 aromatic heterocycles. The van der Waals surface area contributed by atoms with E-state index in [1.165, 1.54) is 5.56 Å². The highest BCUT2D eigenvalue weighted by Crippen LogP contribution is 2.23. The summed E-state index contributed by atoms with van der Waals surface area (Å²) in [5.41, 5.74) is 4.40. The summed E-state index contributed by atoms with van der Waals surface area (Å²) >= 11 is 6.07. The van der Waals surface area contributed by atoms with E-state index >= 15 is 0 Å². The maximum atomic E-state index is 12.5. The number of rotatable bonds is 5. The summed E-state index contributed by atoms with van der Waals surface area (Å²) in [5, 5.41) is 6.74. The maximum Gasteiger partial charge on any atom is 0.270 e. The molecule has 3 aromatic rings. The van der Waals surface area contributed by atoms with E-state index in [4.69, 9.17) is 11.6 Å². The number of carbonyl (C=O) groups is 1. The third-order valence-electron chi connectivity index (χ3n) is 4.11. The number of carbonyl (C=O) groups excluding carboxylic acids is 1. The van der Waals surface area contributed by atoms with E-state index in [0.717, 1.165) is 16.8 Å². The van der Waals surface area contributed by atoms with Crippen molar-refractivity contribution in [1.29, 1.82) is 0 Å². The number of anilines is 2. The molecule has 0 saturated carbocycles. The van der Waals surface area contributed by atoms with Crippen molar-refractivity contribution in [2.45, 2.75) is 27.3 Å². The number of aromatic nitrogens is 2. The van der Waals surface area contributed by atoms with Gasteiger partial charge in [-0.05, 0) is 44.0 Å². The Morgan fingerprint density at radius 3 is 2.48 bits per heavy atom. The smallest absolute Gasteiger partial charge is 0.270 e. The van der Waals surface area contributed by atoms with Gasteiger partial charge < -0.3 is 10.6 Å². The van der Waals surface area contributed by atoms with Crippen LogP contribution in [0.5, 0.6) is 0 Å². The molecule has 0 aliphatic heterocycles. The van der Waals surface area contributed by atoms with Crippen LogP contribution in [0.2, 0.25) is 5.02 Å². The summed E-state index contributed by atoms with van der Waals surface area (Å²) in [6, 6.07) is 15.2. The molecule has 3 rings (SSSR count). The van der Waals surface area contributed by atoms with Gasteiger partial charge >= 0.3 is 0 Å². The molecule has 27 heavy (non-hydrogen) atoms. The number of benzene rings is 2. The van der Waals surface area contributed by atoms with Gasteiger partial charge in [-0.3, -0.25) is 4.79 Å². The second-order valence-electron chi connectivity index (χ2n) is 6.44. The molecule has 2 N–H and O–H groups in total. The summed E-state index contributed by atoms with van der Waals surface area (Å²) in [7, 11) is 0. The Morgan fingerprint density at radius 2 is 1.74 bits per heavy atom. The van der Waals surface area contributed by atoms with Crippen molar-refractivity contribution >= 4 is 29.0 Å². The van der Waals surface area contributed by atoms with Crippen LogP contribution in [0.15, 0.2) is 48.5 Å². The van der Waals surface area contributed by atoms with E-state index in [0.29, 0.717) is 28.9 Å². The molecule has 1 amide bonds. The SMILES string of the molecule is Cc1ccc(CNC(=O)c2cc(Nc3cc(Cl)ccc3C)nc(C)n2)cc1. The van der Waals surface area contributed by atoms with E-state index in [-0.39, 0.29) is 5.91 Å². The summed E-state index contributed by atoms with van der Waals surface area (Å²) in [4.78, 5) is 21.1. The van der Waals surface area contributed by atoms with Gasteiger partial charge in [0.05, 0.1) is 0 Å². The van der Waals surface area contributed by atoms with Crippen LogP contribution in [0.3, 0.4) is 0 Å². The number of hydrogen-bond acceptors (Lipinski definition) is 4. The van der Waals surface area contributed by atoms with Crippen LogP contribution in [-0.4, -0.2) is 15.9 Å². The molecule has 0 aliphatic carbocycles. The highest BCUT2D eigenvalue weighted by atomic mass is 35.5. The molecule has 2 aromatic carbocycles. The average molecular weight is 381 g/mol. The van der Waals surface area contributed by atoms with Gasteiger partial charge in [0.2, 0.25) is 0 Å². The molecule has 0 aliphatic rings. The highest BCUT2D eigenvalue weighted by molar-refractivity contribution is 6.30. The van der Waals surface area contributed by atoms with Gasteiger partial charge in [-0.1, -0.05) is 47.5 Å². The summed E-state index contributed by atoms with van der Waals surface area (Å²) in [5.74, 6) is 0.820. The number of hydrogen-bond donors (Lipinski definition) is 2. The zero-order valence-corrected chi connectivity index (χ0v) is 16.3. The number of aryl methyl sites for hydroxylation is 3. The number of halogens is 1. The second kappa shape index (κ2) is 8.18. The Balaban J connectivity index is 1.75. The first-order chi connectivity index (χ1) is 12.9. The predicted molar refractivity (Wildman–Crippen MR) is 109 cm³/mol. The molecule has 0 fully saturated rings. The quantitative estimate of drug-likeness (QED) is 0.671. The van der Waals surface area contributed by atoms with Crippen LogP contribution < -0.4 is 10.6 Å². The lowest BCUT2D eigenvalue weighted by atomic mass is 10.1. The lowest BCUT2D eigenvalue weighted by Crippen LogP contribution is -2.24. The fourth-order valence-corrected chi connectivity index (χ4v) is 2.77. The summed E-state index contributed by atoms with van der Waals surface area (Å²) < 4.78 is 0. The van der Waals surface area contributed by atoms with E-state index in [9.17, 15) is 4.79 Å². The van der Waals surface area contributed by atoms with E-state index < -0.39 is 0 Å². The minimum absolute atomic E-state index is 0.244. The Hall–Kier alpha value is -2.92. The zero-order chi connectivity index (χ0) is 19.4. The van der Waals surface area contributed by atoms with Crippen LogP contribution >= 0.6 is 11.6 Å². The topological polar surface area (TPSA) is 66.9 Å². The highest BCUT2D eigenvalue weighted by Gasteiger charge is 2.11. The Bertz CT molecular complexity index is 970. The molecule has 5 nitrogen and oxygen atoms in total. The first kappa shape index (κ1) is 18.9. The first-order valence-corrected chi connectivity index (χ1v) is 9.01. The van der Waals surface area contributed by atoms with Gasteiger partial charge in [-0.15, -0.1) is 0 Å². The van der Waals surface area contributed by atoms with Gasteiger partial charge in [-0.2, -0.15) is 0 Å². The van der Waals surface area contributed by atoms with Crippen LogP contribution in [0.25, 0.3) is 0 Å². The number of nitrogens with one attached hydrogen (secondary N) is 2. The summed E-state index contributed by atoms with van der Waals surface area (Å²) in [6.07, 6.45) is 0. The van der Waals surface area contributed by atoms with Gasteiger partial charge in [-0.25, -0.2) is 9.97 Å². The van der Waals surface area contributed by atoms with Crippen LogP contribution in [0.4, 0.5) is 11.5 Å². The largest absolute Gasteiger partial charge is 0.347 e. The second-order valence-corrected chi connectivity index (χ2v) is 6.87. The van der Waals surface area contributed by atoms with Crippen LogP contribution in [-0.2, 0) is 6.54 Å². The molecule has 0 radical (unpaired) electrons. The van der Waals surface area contributed by atoms with E-state index in [1.807, 2.05) is 56.3 Å². The first-order valence-electron chi connectivity index (χ1n) is 8.63. The van der Waals surface area contributed by atoms with Gasteiger partial charge in [0.15, 0.2) is 0 Å². The van der Waals surface area contributed by atoms with Crippen molar-refractivity contribution in [3.8, 4) is 0 Å². The number of nitrogens with zero attached hydrogens (tertiary/aromatic N) is 2. The molecule has 1 heterocycles. The monoisotopic (exact) mass is 380 g/mol. The van der Waals surface area contributed by atoms with Crippen LogP contribution in [0.1, 0.15) is 33.0 Å². The Morgan fingerprint density at radius 1 is 1.00 bits per heavy atom. The zero-order valence-electron chi connectivity index (χ0n) is 15.5. The van der Waals surface area contributed by atoms with Gasteiger partial charge in [0, 0.05) is 23.3 Å². The molecular weight excluding hydrogens is 360 g/mol. The lowest BCUT2D eigenvalue weighted by molar-refractivity contribution is 0.0945. The normalized spacial score (nSPS) is 10.5. The molecule has 0 atom stereocenters. The molecule has 138 valence electrons. The Labute approximate surface area is 163 Å². The fraction of sp³-hybridized carbons (Fsp3) is 0.190. The maximum absolute atomic E-state index is 12.5. The predicted octanol–water partition coefficient (Wildman–Crippen LogP) is 4.73. The minimum atomic E-state index is -0.244. The lowest BCUT2D eigenvalue weighted by Gasteiger charge is -2.11. The van der Waals surface area contributed by atoms with Crippen LogP contribution in [0, 0.1) is 20.8 Å². The van der Waals surface area contributed by atoms with Gasteiger partial charge in [0.1, 0.15) is 17.3 Å². The van der Waals surface area contributed by atoms with Crippen molar-refractivity contribution < 1.29 is 4.79 Å². The summed E-state index contributed by atoms with van der Waals surface area (Å²) in [6.45, 7) is 6.20. The van der Waals surface area contributed by atoms with Gasteiger partial charge in [0.25, 0.3) is 5.91 Å². The van der Waals surface area contributed by atoms with E-state index in [2.05, 4.69) is 20.6 Å². The fourth-order valence-electron chi connectivity index (χ4n) is 2.59. The average Bonchev–Trinajstić information content (AvgIpc) is 2.63. The Kier molecular flexibility index (Phi) is 5.72. The molecular formula is C21H21ClN4O. The van der Waals surface area contributed by atoms with Crippen molar-refractivity contribution in [3.63, 3.8) is 0 Å². The third-order valence-corrected chi connectivity index (χ3v) is 4.34. The molecule has 0 bridgehead atoms. The number of amides is 1. The van der Waals surface area contributed by atoms with Crippen molar-refractivity contribution in [2.75, 3.05) is 5.32 Å². The standard InChI is InChI=1S/C21H21ClN4O/c1-13-4-7-16(8-5-13)12-23-21(27)19-11-20(25-15(3)24-19)26-18-10-17(22)9-6-14(18)2/h4-11H,12H2,1-3H3,(H,23,27)(H,24,25,26). The molecule has 0 spiro atoms. The minimum Gasteiger partial charge on any atom is -0.347 e. The molecule has 0 unspecified atom stereocenters. The molecule has 6 heteroatoms. The van der Waals surface area contributed by atoms with Crippen molar-refractivity contribution in [3.05, 3.63) is 81.8 Å². The van der Waals surface area contributed by atoms with Crippen molar-refractivity contribution in [2.24, 2.45) is 0 Å². The third kappa shape index (κ3) is 5.05. The molecule has 0 saturated heterocycles.